The van der Waals surface area contributed by atoms with E-state index in [0.29, 0.717) is 10.8 Å². The minimum Gasteiger partial charge on any atom is -0.341 e. The van der Waals surface area contributed by atoms with Gasteiger partial charge in [-0.2, -0.15) is 0 Å². The molecular formula is C29H31N3O3S. The summed E-state index contributed by atoms with van der Waals surface area (Å²) in [6, 6.07) is 15.7. The number of thioether (sulfide) groups is 1. The molecule has 2 aliphatic rings. The molecule has 0 atom stereocenters. The zero-order chi connectivity index (χ0) is 25.2. The van der Waals surface area contributed by atoms with Gasteiger partial charge in [0.1, 0.15) is 6.54 Å². The second kappa shape index (κ2) is 10.3. The Labute approximate surface area is 215 Å². The molecule has 0 aliphatic carbocycles. The van der Waals surface area contributed by atoms with Gasteiger partial charge in [-0.1, -0.05) is 62.4 Å². The number of hydrogen-bond acceptors (Lipinski definition) is 4. The number of fused-ring (bicyclic) bond motifs is 1. The van der Waals surface area contributed by atoms with Crippen LogP contribution in [-0.2, 0) is 29.1 Å². The first-order valence-electron chi connectivity index (χ1n) is 12.6. The lowest BCUT2D eigenvalue weighted by molar-refractivity contribution is -0.133. The quantitative estimate of drug-likeness (QED) is 0.407. The van der Waals surface area contributed by atoms with Crippen molar-refractivity contribution in [1.29, 1.82) is 0 Å². The van der Waals surface area contributed by atoms with E-state index in [4.69, 9.17) is 0 Å². The van der Waals surface area contributed by atoms with Gasteiger partial charge in [0.15, 0.2) is 0 Å². The van der Waals surface area contributed by atoms with Crippen LogP contribution in [0.1, 0.15) is 43.4 Å². The van der Waals surface area contributed by atoms with Crippen molar-refractivity contribution in [3.05, 3.63) is 76.3 Å². The van der Waals surface area contributed by atoms with Crippen LogP contribution in [0.25, 0.3) is 17.0 Å². The van der Waals surface area contributed by atoms with E-state index in [1.54, 1.807) is 6.08 Å². The highest BCUT2D eigenvalue weighted by atomic mass is 32.2. The molecule has 36 heavy (non-hydrogen) atoms. The molecular weight excluding hydrogens is 470 g/mol. The van der Waals surface area contributed by atoms with Crippen LogP contribution in [0.2, 0.25) is 0 Å². The summed E-state index contributed by atoms with van der Waals surface area (Å²) in [6.07, 6.45) is 6.69. The average Bonchev–Trinajstić information content (AvgIpc) is 3.36. The number of imide groups is 1. The van der Waals surface area contributed by atoms with Crippen LogP contribution < -0.4 is 0 Å². The Hall–Kier alpha value is -3.32. The van der Waals surface area contributed by atoms with Gasteiger partial charge in [0, 0.05) is 30.2 Å². The second-order valence-corrected chi connectivity index (χ2v) is 10.7. The summed E-state index contributed by atoms with van der Waals surface area (Å²) >= 11 is 0.975. The summed E-state index contributed by atoms with van der Waals surface area (Å²) in [7, 11) is 0. The molecule has 2 aromatic carbocycles. The smallest absolute Gasteiger partial charge is 0.293 e. The zero-order valence-electron chi connectivity index (χ0n) is 20.8. The van der Waals surface area contributed by atoms with Gasteiger partial charge < -0.3 is 9.47 Å². The van der Waals surface area contributed by atoms with Crippen molar-refractivity contribution < 1.29 is 14.4 Å². The maximum Gasteiger partial charge on any atom is 0.293 e. The number of likely N-dealkylation sites (tertiary alicyclic amines) is 1. The fourth-order valence-electron chi connectivity index (χ4n) is 5.04. The van der Waals surface area contributed by atoms with Crippen molar-refractivity contribution in [2.45, 2.75) is 46.2 Å². The molecule has 2 fully saturated rings. The first-order chi connectivity index (χ1) is 17.4. The van der Waals surface area contributed by atoms with Gasteiger partial charge >= 0.3 is 0 Å². The number of aromatic nitrogens is 1. The number of hydrogen-bond donors (Lipinski definition) is 0. The molecule has 3 heterocycles. The Morgan fingerprint density at radius 1 is 1.06 bits per heavy atom. The molecule has 3 amide bonds. The molecule has 2 saturated heterocycles. The molecule has 0 bridgehead atoms. The summed E-state index contributed by atoms with van der Waals surface area (Å²) in [4.78, 5) is 42.7. The lowest BCUT2D eigenvalue weighted by Crippen LogP contribution is -2.39. The van der Waals surface area contributed by atoms with Gasteiger partial charge in [-0.25, -0.2) is 0 Å². The van der Waals surface area contributed by atoms with Gasteiger partial charge in [0.25, 0.3) is 11.1 Å². The molecule has 6 nitrogen and oxygen atoms in total. The number of aryl methyl sites for hydroxylation is 1. The summed E-state index contributed by atoms with van der Waals surface area (Å²) in [5.74, 6) is 0.511. The Morgan fingerprint density at radius 3 is 2.53 bits per heavy atom. The van der Waals surface area contributed by atoms with E-state index in [9.17, 15) is 14.4 Å². The van der Waals surface area contributed by atoms with Gasteiger partial charge in [-0.05, 0) is 54.1 Å². The average molecular weight is 502 g/mol. The van der Waals surface area contributed by atoms with Crippen LogP contribution in [0, 0.1) is 5.92 Å². The van der Waals surface area contributed by atoms with Gasteiger partial charge in [-0.15, -0.1) is 0 Å². The minimum atomic E-state index is -0.278. The van der Waals surface area contributed by atoms with Crippen LogP contribution in [0.5, 0.6) is 0 Å². The highest BCUT2D eigenvalue weighted by Gasteiger charge is 2.35. The van der Waals surface area contributed by atoms with Crippen molar-refractivity contribution in [2.75, 3.05) is 13.1 Å². The minimum absolute atomic E-state index is 0.124. The fourth-order valence-corrected chi connectivity index (χ4v) is 5.87. The van der Waals surface area contributed by atoms with Crippen LogP contribution in [0.15, 0.2) is 59.6 Å². The Morgan fingerprint density at radius 2 is 1.81 bits per heavy atom. The molecule has 0 spiro atoms. The van der Waals surface area contributed by atoms with E-state index in [0.717, 1.165) is 71.7 Å². The van der Waals surface area contributed by atoms with Crippen LogP contribution in [0.4, 0.5) is 4.79 Å². The Kier molecular flexibility index (Phi) is 7.01. The molecule has 3 aromatic rings. The number of benzene rings is 2. The SMILES string of the molecule is CCc1cccc2c(/C=C3\SC(=O)N(Cc4ccccc4)C3=O)cn(CC(=O)N3CCC(C)CC3)c12. The fraction of sp³-hybridized carbons (Fsp3) is 0.345. The molecule has 0 radical (unpaired) electrons. The summed E-state index contributed by atoms with van der Waals surface area (Å²) in [5, 5.41) is 0.729. The standard InChI is InChI=1S/C29H31N3O3S/c1-3-22-10-7-11-24-23(18-31(27(22)24)19-26(33)30-14-12-20(2)13-15-30)16-25-28(34)32(29(35)36-25)17-21-8-5-4-6-9-21/h4-11,16,18,20H,3,12-15,17,19H2,1-2H3/b25-16-. The van der Waals surface area contributed by atoms with Crippen molar-refractivity contribution in [2.24, 2.45) is 5.92 Å². The number of amides is 3. The van der Waals surface area contributed by atoms with Crippen molar-refractivity contribution in [3.8, 4) is 0 Å². The molecule has 5 rings (SSSR count). The maximum atomic E-state index is 13.2. The van der Waals surface area contributed by atoms with Crippen molar-refractivity contribution in [3.63, 3.8) is 0 Å². The predicted molar refractivity (Wildman–Crippen MR) is 144 cm³/mol. The third kappa shape index (κ3) is 4.85. The monoisotopic (exact) mass is 501 g/mol. The topological polar surface area (TPSA) is 62.6 Å². The van der Waals surface area contributed by atoms with Crippen molar-refractivity contribution >= 4 is 45.8 Å². The van der Waals surface area contributed by atoms with E-state index >= 15 is 0 Å². The highest BCUT2D eigenvalue weighted by molar-refractivity contribution is 8.18. The largest absolute Gasteiger partial charge is 0.341 e. The summed E-state index contributed by atoms with van der Waals surface area (Å²) in [5.41, 5.74) is 3.94. The van der Waals surface area contributed by atoms with Crippen LogP contribution in [-0.4, -0.2) is 44.5 Å². The lowest BCUT2D eigenvalue weighted by atomic mass is 9.99. The summed E-state index contributed by atoms with van der Waals surface area (Å²) < 4.78 is 2.02. The molecule has 1 aromatic heterocycles. The van der Waals surface area contributed by atoms with E-state index in [1.165, 1.54) is 4.90 Å². The van der Waals surface area contributed by atoms with Gasteiger partial charge in [0.2, 0.25) is 5.91 Å². The first kappa shape index (κ1) is 24.4. The van der Waals surface area contributed by atoms with E-state index in [2.05, 4.69) is 19.9 Å². The zero-order valence-corrected chi connectivity index (χ0v) is 21.6. The maximum absolute atomic E-state index is 13.2. The van der Waals surface area contributed by atoms with E-state index < -0.39 is 0 Å². The molecule has 2 aliphatic heterocycles. The summed E-state index contributed by atoms with van der Waals surface area (Å²) in [6.45, 7) is 6.48. The molecule has 7 heteroatoms. The number of para-hydroxylation sites is 1. The third-order valence-corrected chi connectivity index (χ3v) is 8.09. The van der Waals surface area contributed by atoms with Crippen LogP contribution >= 0.6 is 11.8 Å². The number of carbonyl (C=O) groups excluding carboxylic acids is 3. The van der Waals surface area contributed by atoms with Crippen molar-refractivity contribution in [1.82, 2.24) is 14.4 Å². The third-order valence-electron chi connectivity index (χ3n) is 7.18. The van der Waals surface area contributed by atoms with Crippen LogP contribution in [0.3, 0.4) is 0 Å². The Bertz CT molecular complexity index is 1340. The normalized spacial score (nSPS) is 18.1. The lowest BCUT2D eigenvalue weighted by Gasteiger charge is -2.30. The van der Waals surface area contributed by atoms with E-state index in [-0.39, 0.29) is 30.1 Å². The molecule has 0 unspecified atom stereocenters. The molecule has 0 N–H and O–H groups in total. The van der Waals surface area contributed by atoms with Gasteiger partial charge in [0.05, 0.1) is 17.0 Å². The predicted octanol–water partition coefficient (Wildman–Crippen LogP) is 5.70. The Balaban J connectivity index is 1.45. The number of nitrogens with zero attached hydrogens (tertiary/aromatic N) is 3. The number of piperidine rings is 1. The second-order valence-electron chi connectivity index (χ2n) is 9.70. The van der Waals surface area contributed by atoms with Gasteiger partial charge in [-0.3, -0.25) is 19.3 Å². The first-order valence-corrected chi connectivity index (χ1v) is 13.4. The number of carbonyl (C=O) groups is 3. The molecule has 186 valence electrons. The van der Waals surface area contributed by atoms with E-state index in [1.807, 2.05) is 58.1 Å². The molecule has 0 saturated carbocycles. The highest BCUT2D eigenvalue weighted by Crippen LogP contribution is 2.35. The number of rotatable bonds is 6.